The molecule has 1 aliphatic heterocycles. The molecule has 1 aromatic carbocycles. The van der Waals surface area contributed by atoms with Gasteiger partial charge in [0.2, 0.25) is 0 Å². The third-order valence-corrected chi connectivity index (χ3v) is 6.06. The molecule has 0 radical (unpaired) electrons. The standard InChI is InChI=1S/C16H18F3N3O2S/c1-2-15(22-9-7-21(8-10-22)12-16(17,18)19)25(23,24)14-5-3-13(11-20)4-6-14/h2-6,15H,1,7-10,12H2. The number of sulfone groups is 1. The van der Waals surface area contributed by atoms with E-state index in [1.165, 1.54) is 35.2 Å². The number of alkyl halides is 3. The fourth-order valence-corrected chi connectivity index (χ4v) is 4.41. The Balaban J connectivity index is 2.11. The van der Waals surface area contributed by atoms with Crippen LogP contribution in [0.25, 0.3) is 0 Å². The first kappa shape index (κ1) is 19.4. The van der Waals surface area contributed by atoms with Gasteiger partial charge in [0.1, 0.15) is 5.37 Å². The summed E-state index contributed by atoms with van der Waals surface area (Å²) in [5.74, 6) is 0. The molecule has 1 aliphatic rings. The van der Waals surface area contributed by atoms with E-state index < -0.39 is 27.9 Å². The molecule has 0 N–H and O–H groups in total. The number of rotatable bonds is 5. The number of nitriles is 1. The predicted molar refractivity (Wildman–Crippen MR) is 86.4 cm³/mol. The summed E-state index contributed by atoms with van der Waals surface area (Å²) in [5.41, 5.74) is 0.342. The zero-order valence-corrected chi connectivity index (χ0v) is 14.2. The molecule has 5 nitrogen and oxygen atoms in total. The fraction of sp³-hybridized carbons (Fsp3) is 0.438. The Bertz CT molecular complexity index is 746. The van der Waals surface area contributed by atoms with Gasteiger partial charge < -0.3 is 0 Å². The highest BCUT2D eigenvalue weighted by atomic mass is 32.2. The summed E-state index contributed by atoms with van der Waals surface area (Å²) in [6, 6.07) is 7.44. The number of piperazine rings is 1. The average Bonchev–Trinajstić information content (AvgIpc) is 2.55. The molecule has 1 aromatic rings. The fourth-order valence-electron chi connectivity index (χ4n) is 2.76. The molecule has 0 saturated carbocycles. The van der Waals surface area contributed by atoms with Gasteiger partial charge in [0.05, 0.1) is 23.1 Å². The van der Waals surface area contributed by atoms with E-state index in [0.717, 1.165) is 0 Å². The van der Waals surface area contributed by atoms with Gasteiger partial charge in [-0.3, -0.25) is 9.80 Å². The number of benzene rings is 1. The molecule has 2 rings (SSSR count). The van der Waals surface area contributed by atoms with E-state index in [1.54, 1.807) is 4.90 Å². The van der Waals surface area contributed by atoms with E-state index in [2.05, 4.69) is 6.58 Å². The third kappa shape index (κ3) is 4.81. The molecule has 136 valence electrons. The van der Waals surface area contributed by atoms with Gasteiger partial charge in [-0.25, -0.2) is 8.42 Å². The Kier molecular flexibility index (Phi) is 5.87. The van der Waals surface area contributed by atoms with Crippen molar-refractivity contribution in [2.45, 2.75) is 16.4 Å². The summed E-state index contributed by atoms with van der Waals surface area (Å²) in [7, 11) is -3.77. The van der Waals surface area contributed by atoms with Crippen LogP contribution in [0.3, 0.4) is 0 Å². The van der Waals surface area contributed by atoms with Gasteiger partial charge in [0, 0.05) is 26.2 Å². The van der Waals surface area contributed by atoms with Crippen molar-refractivity contribution >= 4 is 9.84 Å². The molecule has 0 spiro atoms. The van der Waals surface area contributed by atoms with Crippen molar-refractivity contribution in [3.05, 3.63) is 42.5 Å². The van der Waals surface area contributed by atoms with Crippen LogP contribution in [0.4, 0.5) is 13.2 Å². The van der Waals surface area contributed by atoms with Crippen LogP contribution in [0.15, 0.2) is 41.8 Å². The minimum atomic E-state index is -4.27. The number of nitrogens with zero attached hydrogens (tertiary/aromatic N) is 3. The van der Waals surface area contributed by atoms with E-state index in [0.29, 0.717) is 5.56 Å². The average molecular weight is 373 g/mol. The second-order valence-electron chi connectivity index (χ2n) is 5.73. The molecule has 1 saturated heterocycles. The van der Waals surface area contributed by atoms with Crippen LogP contribution >= 0.6 is 0 Å². The van der Waals surface area contributed by atoms with E-state index in [1.807, 2.05) is 6.07 Å². The Labute approximate surface area is 144 Å². The van der Waals surface area contributed by atoms with Crippen molar-refractivity contribution in [3.63, 3.8) is 0 Å². The van der Waals surface area contributed by atoms with Gasteiger partial charge in [0.25, 0.3) is 0 Å². The largest absolute Gasteiger partial charge is 0.401 e. The quantitative estimate of drug-likeness (QED) is 0.739. The third-order valence-electron chi connectivity index (χ3n) is 4.00. The molecule has 9 heteroatoms. The van der Waals surface area contributed by atoms with Gasteiger partial charge >= 0.3 is 6.18 Å². The number of hydrogen-bond acceptors (Lipinski definition) is 5. The molecule has 0 amide bonds. The Morgan fingerprint density at radius 1 is 1.20 bits per heavy atom. The molecular formula is C16H18F3N3O2S. The maximum atomic E-state index is 12.8. The van der Waals surface area contributed by atoms with Gasteiger partial charge in [-0.05, 0) is 24.3 Å². The first-order chi connectivity index (χ1) is 11.7. The zero-order chi connectivity index (χ0) is 18.7. The van der Waals surface area contributed by atoms with Gasteiger partial charge in [-0.2, -0.15) is 18.4 Å². The minimum absolute atomic E-state index is 0.0501. The lowest BCUT2D eigenvalue weighted by molar-refractivity contribution is -0.149. The smallest absolute Gasteiger partial charge is 0.292 e. The Morgan fingerprint density at radius 2 is 1.76 bits per heavy atom. The molecule has 1 atom stereocenters. The van der Waals surface area contributed by atoms with Crippen molar-refractivity contribution in [2.75, 3.05) is 32.7 Å². The lowest BCUT2D eigenvalue weighted by Crippen LogP contribution is -2.53. The Hall–Kier alpha value is -1.89. The first-order valence-electron chi connectivity index (χ1n) is 7.57. The van der Waals surface area contributed by atoms with Crippen LogP contribution in [-0.4, -0.2) is 62.5 Å². The molecule has 0 aliphatic carbocycles. The highest BCUT2D eigenvalue weighted by molar-refractivity contribution is 7.92. The van der Waals surface area contributed by atoms with E-state index in [9.17, 15) is 21.6 Å². The van der Waals surface area contributed by atoms with Crippen molar-refractivity contribution < 1.29 is 21.6 Å². The number of halogens is 3. The second-order valence-corrected chi connectivity index (χ2v) is 7.78. The van der Waals surface area contributed by atoms with Gasteiger partial charge in [-0.15, -0.1) is 6.58 Å². The van der Waals surface area contributed by atoms with E-state index in [-0.39, 0.29) is 31.1 Å². The monoisotopic (exact) mass is 373 g/mol. The van der Waals surface area contributed by atoms with Crippen LogP contribution in [0.5, 0.6) is 0 Å². The van der Waals surface area contributed by atoms with Crippen LogP contribution in [0.1, 0.15) is 5.56 Å². The summed E-state index contributed by atoms with van der Waals surface area (Å²) in [5, 5.41) is 7.77. The number of hydrogen-bond donors (Lipinski definition) is 0. The molecule has 0 aromatic heterocycles. The summed E-state index contributed by atoms with van der Waals surface area (Å²) in [6.45, 7) is 3.23. The highest BCUT2D eigenvalue weighted by Gasteiger charge is 2.36. The lowest BCUT2D eigenvalue weighted by Gasteiger charge is -2.38. The molecular weight excluding hydrogens is 355 g/mol. The Morgan fingerprint density at radius 3 is 2.20 bits per heavy atom. The maximum absolute atomic E-state index is 12.8. The highest BCUT2D eigenvalue weighted by Crippen LogP contribution is 2.23. The van der Waals surface area contributed by atoms with Crippen molar-refractivity contribution in [1.29, 1.82) is 5.26 Å². The van der Waals surface area contributed by atoms with Crippen LogP contribution < -0.4 is 0 Å². The molecule has 0 bridgehead atoms. The second kappa shape index (κ2) is 7.56. The van der Waals surface area contributed by atoms with Gasteiger partial charge in [-0.1, -0.05) is 6.08 Å². The van der Waals surface area contributed by atoms with E-state index >= 15 is 0 Å². The van der Waals surface area contributed by atoms with Crippen molar-refractivity contribution in [2.24, 2.45) is 0 Å². The minimum Gasteiger partial charge on any atom is -0.292 e. The predicted octanol–water partition coefficient (Wildman–Crippen LogP) is 2.02. The summed E-state index contributed by atoms with van der Waals surface area (Å²) in [6.07, 6.45) is -2.98. The summed E-state index contributed by atoms with van der Waals surface area (Å²) in [4.78, 5) is 2.91. The molecule has 25 heavy (non-hydrogen) atoms. The van der Waals surface area contributed by atoms with Crippen LogP contribution in [0.2, 0.25) is 0 Å². The van der Waals surface area contributed by atoms with Crippen LogP contribution in [-0.2, 0) is 9.84 Å². The normalized spacial score (nSPS) is 18.5. The molecule has 1 fully saturated rings. The molecule has 1 heterocycles. The van der Waals surface area contributed by atoms with Crippen molar-refractivity contribution in [3.8, 4) is 6.07 Å². The lowest BCUT2D eigenvalue weighted by atomic mass is 10.2. The topological polar surface area (TPSA) is 64.4 Å². The van der Waals surface area contributed by atoms with Crippen molar-refractivity contribution in [1.82, 2.24) is 9.80 Å². The zero-order valence-electron chi connectivity index (χ0n) is 13.4. The SMILES string of the molecule is C=CC(N1CCN(CC(F)(F)F)CC1)S(=O)(=O)c1ccc(C#N)cc1. The summed E-state index contributed by atoms with van der Waals surface area (Å²) < 4.78 is 62.9. The van der Waals surface area contributed by atoms with Gasteiger partial charge in [0.15, 0.2) is 9.84 Å². The maximum Gasteiger partial charge on any atom is 0.401 e. The van der Waals surface area contributed by atoms with E-state index in [4.69, 9.17) is 5.26 Å². The van der Waals surface area contributed by atoms with Crippen LogP contribution in [0, 0.1) is 11.3 Å². The summed E-state index contributed by atoms with van der Waals surface area (Å²) >= 11 is 0. The molecule has 1 unspecified atom stereocenters. The first-order valence-corrected chi connectivity index (χ1v) is 9.12.